The average Bonchev–Trinajstić information content (AvgIpc) is 2.40. The molecule has 0 fully saturated rings. The van der Waals surface area contributed by atoms with Gasteiger partial charge in [0.25, 0.3) is 0 Å². The number of carbonyl (C=O) groups excluding carboxylic acids is 1. The number of nitrogens with one attached hydrogen (secondary N) is 1. The average molecular weight is 194 g/mol. The summed E-state index contributed by atoms with van der Waals surface area (Å²) in [6.45, 7) is 1.98. The van der Waals surface area contributed by atoms with Crippen LogP contribution >= 0.6 is 11.6 Å². The van der Waals surface area contributed by atoms with Crippen LogP contribution in [0.1, 0.15) is 15.9 Å². The molecule has 1 N–H and O–H groups in total. The van der Waals surface area contributed by atoms with Crippen molar-refractivity contribution in [2.24, 2.45) is 0 Å². The Hall–Kier alpha value is -1.28. The quantitative estimate of drug-likeness (QED) is 0.694. The van der Waals surface area contributed by atoms with Crippen LogP contribution in [0.5, 0.6) is 0 Å². The molecule has 0 aliphatic heterocycles. The minimum atomic E-state index is 0.413. The van der Waals surface area contributed by atoms with Crippen molar-refractivity contribution in [1.82, 2.24) is 4.98 Å². The van der Waals surface area contributed by atoms with E-state index < -0.39 is 0 Å². The third-order valence-electron chi connectivity index (χ3n) is 2.06. The lowest BCUT2D eigenvalue weighted by atomic mass is 10.1. The van der Waals surface area contributed by atoms with Crippen molar-refractivity contribution in [2.75, 3.05) is 0 Å². The molecule has 0 spiro atoms. The van der Waals surface area contributed by atoms with Crippen LogP contribution in [-0.2, 0) is 0 Å². The molecule has 0 atom stereocenters. The zero-order chi connectivity index (χ0) is 9.42. The number of fused-ring (bicyclic) bond motifs is 1. The topological polar surface area (TPSA) is 32.9 Å². The summed E-state index contributed by atoms with van der Waals surface area (Å²) in [6, 6.07) is 5.84. The lowest BCUT2D eigenvalue weighted by molar-refractivity contribution is 0.112. The van der Waals surface area contributed by atoms with E-state index in [0.29, 0.717) is 10.7 Å². The van der Waals surface area contributed by atoms with E-state index in [9.17, 15) is 4.79 Å². The first-order chi connectivity index (χ1) is 6.22. The molecule has 0 amide bonds. The Labute approximate surface area is 80.5 Å². The molecule has 0 saturated carbocycles. The lowest BCUT2D eigenvalue weighted by Crippen LogP contribution is -1.77. The summed E-state index contributed by atoms with van der Waals surface area (Å²) in [7, 11) is 0. The van der Waals surface area contributed by atoms with Gasteiger partial charge in [0.15, 0.2) is 6.29 Å². The van der Waals surface area contributed by atoms with Crippen molar-refractivity contribution in [3.8, 4) is 0 Å². The van der Waals surface area contributed by atoms with Crippen LogP contribution < -0.4 is 0 Å². The van der Waals surface area contributed by atoms with Gasteiger partial charge in [-0.1, -0.05) is 23.2 Å². The first-order valence-corrected chi connectivity index (χ1v) is 4.33. The second kappa shape index (κ2) is 2.89. The lowest BCUT2D eigenvalue weighted by Gasteiger charge is -1.92. The molecule has 0 radical (unpaired) electrons. The molecule has 0 unspecified atom stereocenters. The number of aldehydes is 1. The van der Waals surface area contributed by atoms with Gasteiger partial charge in [0, 0.05) is 10.9 Å². The number of H-pyrrole nitrogens is 1. The van der Waals surface area contributed by atoms with Gasteiger partial charge in [0.2, 0.25) is 0 Å². The Kier molecular flexibility index (Phi) is 1.85. The van der Waals surface area contributed by atoms with Crippen LogP contribution in [0.3, 0.4) is 0 Å². The molecule has 66 valence electrons. The van der Waals surface area contributed by atoms with Gasteiger partial charge in [-0.2, -0.15) is 0 Å². The van der Waals surface area contributed by atoms with Gasteiger partial charge in [-0.15, -0.1) is 0 Å². The zero-order valence-corrected chi connectivity index (χ0v) is 7.85. The van der Waals surface area contributed by atoms with E-state index in [1.807, 2.05) is 25.1 Å². The minimum absolute atomic E-state index is 0.413. The second-order valence-electron chi connectivity index (χ2n) is 3.02. The summed E-state index contributed by atoms with van der Waals surface area (Å²) < 4.78 is 0. The number of hydrogen-bond donors (Lipinski definition) is 1. The van der Waals surface area contributed by atoms with Gasteiger partial charge in [-0.05, 0) is 19.1 Å². The smallest absolute Gasteiger partial charge is 0.153 e. The highest BCUT2D eigenvalue weighted by Gasteiger charge is 2.07. The van der Waals surface area contributed by atoms with Crippen LogP contribution in [-0.4, -0.2) is 11.3 Å². The van der Waals surface area contributed by atoms with Crippen LogP contribution in [0.25, 0.3) is 10.9 Å². The molecule has 2 nitrogen and oxygen atoms in total. The maximum absolute atomic E-state index is 10.7. The fourth-order valence-corrected chi connectivity index (χ4v) is 1.66. The first-order valence-electron chi connectivity index (χ1n) is 3.95. The van der Waals surface area contributed by atoms with E-state index in [1.54, 1.807) is 0 Å². The Morgan fingerprint density at radius 3 is 2.92 bits per heavy atom. The van der Waals surface area contributed by atoms with Gasteiger partial charge in [0.05, 0.1) is 5.56 Å². The molecule has 0 saturated heterocycles. The monoisotopic (exact) mass is 193 g/mol. The van der Waals surface area contributed by atoms with Crippen LogP contribution in [0.4, 0.5) is 0 Å². The van der Waals surface area contributed by atoms with Crippen LogP contribution in [0, 0.1) is 6.92 Å². The largest absolute Gasteiger partial charge is 0.345 e. The van der Waals surface area contributed by atoms with Crippen molar-refractivity contribution in [2.45, 2.75) is 6.92 Å². The van der Waals surface area contributed by atoms with Crippen LogP contribution in [0.15, 0.2) is 18.2 Å². The summed E-state index contributed by atoms with van der Waals surface area (Å²) in [4.78, 5) is 13.6. The third-order valence-corrected chi connectivity index (χ3v) is 2.36. The second-order valence-corrected chi connectivity index (χ2v) is 3.40. The molecular formula is C10H8ClNO. The number of aromatic nitrogens is 1. The molecule has 1 aromatic heterocycles. The fourth-order valence-electron chi connectivity index (χ4n) is 1.41. The van der Waals surface area contributed by atoms with Crippen molar-refractivity contribution in [1.29, 1.82) is 0 Å². The summed E-state index contributed by atoms with van der Waals surface area (Å²) in [5, 5.41) is 1.30. The van der Waals surface area contributed by atoms with E-state index in [0.717, 1.165) is 22.8 Å². The molecule has 0 aliphatic rings. The Bertz CT molecular complexity index is 473. The Morgan fingerprint density at radius 1 is 1.46 bits per heavy atom. The van der Waals surface area contributed by atoms with Gasteiger partial charge < -0.3 is 4.98 Å². The molecule has 2 aromatic rings. The van der Waals surface area contributed by atoms with Crippen molar-refractivity contribution in [3.05, 3.63) is 34.5 Å². The number of aromatic amines is 1. The van der Waals surface area contributed by atoms with Gasteiger partial charge >= 0.3 is 0 Å². The van der Waals surface area contributed by atoms with E-state index >= 15 is 0 Å². The van der Waals surface area contributed by atoms with Gasteiger partial charge in [-0.3, -0.25) is 4.79 Å². The SMILES string of the molecule is Cc1ccc2[nH]c(Cl)c(C=O)c2c1. The first kappa shape index (κ1) is 8.32. The van der Waals surface area contributed by atoms with Crippen molar-refractivity contribution < 1.29 is 4.79 Å². The molecule has 1 heterocycles. The maximum atomic E-state index is 10.7. The number of benzene rings is 1. The van der Waals surface area contributed by atoms with Crippen LogP contribution in [0.2, 0.25) is 5.15 Å². The van der Waals surface area contributed by atoms with E-state index in [-0.39, 0.29) is 0 Å². The number of aryl methyl sites for hydroxylation is 1. The molecule has 0 aliphatic carbocycles. The molecular weight excluding hydrogens is 186 g/mol. The number of carbonyl (C=O) groups is 1. The molecule has 13 heavy (non-hydrogen) atoms. The Balaban J connectivity index is 2.88. The van der Waals surface area contributed by atoms with Gasteiger partial charge in [-0.25, -0.2) is 0 Å². The number of rotatable bonds is 1. The van der Waals surface area contributed by atoms with Crippen molar-refractivity contribution in [3.63, 3.8) is 0 Å². The standard InChI is InChI=1S/C10H8ClNO/c1-6-2-3-9-7(4-6)8(5-13)10(11)12-9/h2-5,12H,1H3. The summed E-state index contributed by atoms with van der Waals surface area (Å²) in [5.74, 6) is 0. The summed E-state index contributed by atoms with van der Waals surface area (Å²) in [5.41, 5.74) is 2.56. The molecule has 3 heteroatoms. The minimum Gasteiger partial charge on any atom is -0.345 e. The third kappa shape index (κ3) is 1.23. The highest BCUT2D eigenvalue weighted by atomic mass is 35.5. The zero-order valence-electron chi connectivity index (χ0n) is 7.10. The molecule has 1 aromatic carbocycles. The number of hydrogen-bond acceptors (Lipinski definition) is 1. The fraction of sp³-hybridized carbons (Fsp3) is 0.100. The molecule has 2 rings (SSSR count). The predicted molar refractivity (Wildman–Crippen MR) is 53.4 cm³/mol. The summed E-state index contributed by atoms with van der Waals surface area (Å²) >= 11 is 5.83. The number of halogens is 1. The van der Waals surface area contributed by atoms with Crippen molar-refractivity contribution >= 4 is 28.8 Å². The van der Waals surface area contributed by atoms with Gasteiger partial charge in [0.1, 0.15) is 5.15 Å². The van der Waals surface area contributed by atoms with E-state index in [4.69, 9.17) is 11.6 Å². The Morgan fingerprint density at radius 2 is 2.23 bits per heavy atom. The highest BCUT2D eigenvalue weighted by molar-refractivity contribution is 6.34. The maximum Gasteiger partial charge on any atom is 0.153 e. The normalized spacial score (nSPS) is 10.6. The predicted octanol–water partition coefficient (Wildman–Crippen LogP) is 2.94. The van der Waals surface area contributed by atoms with E-state index in [2.05, 4.69) is 4.98 Å². The van der Waals surface area contributed by atoms with E-state index in [1.165, 1.54) is 0 Å². The molecule has 0 bridgehead atoms. The highest BCUT2D eigenvalue weighted by Crippen LogP contribution is 2.25. The summed E-state index contributed by atoms with van der Waals surface area (Å²) in [6.07, 6.45) is 0.778.